The van der Waals surface area contributed by atoms with Crippen molar-refractivity contribution in [3.8, 4) is 11.5 Å². The van der Waals surface area contributed by atoms with Crippen LogP contribution in [0.4, 0.5) is 0 Å². The Morgan fingerprint density at radius 3 is 2.30 bits per heavy atom. The van der Waals surface area contributed by atoms with Crippen molar-refractivity contribution >= 4 is 27.7 Å². The van der Waals surface area contributed by atoms with Gasteiger partial charge in [0.15, 0.2) is 17.3 Å². The molecule has 6 nitrogen and oxygen atoms in total. The molecule has 2 aromatic rings. The number of benzene rings is 2. The summed E-state index contributed by atoms with van der Waals surface area (Å²) in [6.45, 7) is 4.12. The second-order valence-corrected chi connectivity index (χ2v) is 9.13. The molecule has 0 aromatic heterocycles. The molecule has 1 aliphatic carbocycles. The highest BCUT2D eigenvalue weighted by Crippen LogP contribution is 2.47. The van der Waals surface area contributed by atoms with Crippen LogP contribution in [0, 0.1) is 5.92 Å². The predicted octanol–water partition coefficient (Wildman–Crippen LogP) is 4.86. The lowest BCUT2D eigenvalue weighted by atomic mass is 9.69. The highest BCUT2D eigenvalue weighted by Gasteiger charge is 2.45. The van der Waals surface area contributed by atoms with Crippen LogP contribution in [0.1, 0.15) is 35.8 Å². The van der Waals surface area contributed by atoms with Crippen molar-refractivity contribution in [2.75, 3.05) is 21.3 Å². The van der Waals surface area contributed by atoms with Crippen LogP contribution in [0.5, 0.6) is 11.5 Å². The monoisotopic (exact) mass is 511 g/mol. The first-order valence-electron chi connectivity index (χ1n) is 10.6. The number of ketones is 1. The molecule has 0 spiro atoms. The number of allylic oxidation sites excluding steroid dienone is 2. The number of ether oxygens (including phenoxy) is 3. The summed E-state index contributed by atoms with van der Waals surface area (Å²) in [4.78, 5) is 26.3. The molecule has 3 unspecified atom stereocenters. The first kappa shape index (κ1) is 23.1. The van der Waals surface area contributed by atoms with E-state index in [4.69, 9.17) is 14.2 Å². The lowest BCUT2D eigenvalue weighted by Crippen LogP contribution is -2.42. The molecule has 0 fully saturated rings. The number of rotatable bonds is 5. The van der Waals surface area contributed by atoms with Crippen LogP contribution in [0.3, 0.4) is 0 Å². The topological polar surface area (TPSA) is 73.9 Å². The van der Waals surface area contributed by atoms with E-state index in [2.05, 4.69) is 27.8 Å². The Hall–Kier alpha value is -3.06. The maximum absolute atomic E-state index is 13.6. The van der Waals surface area contributed by atoms with Gasteiger partial charge in [0.25, 0.3) is 0 Å². The molecule has 2 aromatic carbocycles. The summed E-state index contributed by atoms with van der Waals surface area (Å²) in [5, 5.41) is 3.27. The average molecular weight is 512 g/mol. The van der Waals surface area contributed by atoms with Crippen LogP contribution < -0.4 is 14.8 Å². The summed E-state index contributed by atoms with van der Waals surface area (Å²) >= 11 is 3.46. The quantitative estimate of drug-likeness (QED) is 0.578. The van der Waals surface area contributed by atoms with Gasteiger partial charge in [-0.25, -0.2) is 0 Å². The number of nitrogens with one attached hydrogen (secondary N) is 1. The molecule has 3 atom stereocenters. The Morgan fingerprint density at radius 1 is 1.00 bits per heavy atom. The Kier molecular flexibility index (Phi) is 6.61. The minimum atomic E-state index is -0.684. The number of carbonyl (C=O) groups is 2. The fraction of sp³-hybridized carbons (Fsp3) is 0.308. The van der Waals surface area contributed by atoms with Crippen molar-refractivity contribution in [3.05, 3.63) is 81.6 Å². The van der Waals surface area contributed by atoms with Crippen LogP contribution >= 0.6 is 15.9 Å². The second-order valence-electron chi connectivity index (χ2n) is 8.22. The van der Waals surface area contributed by atoms with Gasteiger partial charge in [-0.2, -0.15) is 0 Å². The van der Waals surface area contributed by atoms with E-state index < -0.39 is 17.8 Å². The zero-order valence-electron chi connectivity index (χ0n) is 18.8. The molecular formula is C26H26BrNO5. The summed E-state index contributed by atoms with van der Waals surface area (Å²) in [6, 6.07) is 13.4. The molecule has 1 aliphatic heterocycles. The molecule has 4 rings (SSSR count). The van der Waals surface area contributed by atoms with Gasteiger partial charge < -0.3 is 19.5 Å². The number of carbonyl (C=O) groups excluding carboxylic acids is 2. The maximum atomic E-state index is 13.6. The lowest BCUT2D eigenvalue weighted by molar-refractivity contribution is -0.144. The zero-order chi connectivity index (χ0) is 23.7. The fourth-order valence-electron chi connectivity index (χ4n) is 4.83. The van der Waals surface area contributed by atoms with Gasteiger partial charge in [0.05, 0.1) is 21.3 Å². The third-order valence-corrected chi connectivity index (χ3v) is 6.93. The van der Waals surface area contributed by atoms with E-state index in [0.717, 1.165) is 21.3 Å². The van der Waals surface area contributed by atoms with E-state index in [1.807, 2.05) is 42.5 Å². The van der Waals surface area contributed by atoms with E-state index >= 15 is 0 Å². The molecule has 0 saturated carbocycles. The molecule has 172 valence electrons. The standard InChI is InChI=1S/C26H26BrNO5/c1-14-23(26(30)33-4)24(15-5-8-18(27)9-6-15)25-19(28-14)11-17(12-20(25)29)16-7-10-21(31-2)22(13-16)32-3/h5-10,13,17,23-24,28H,1,11-12H2,2-4H3. The van der Waals surface area contributed by atoms with Gasteiger partial charge in [-0.3, -0.25) is 9.59 Å². The van der Waals surface area contributed by atoms with Crippen LogP contribution in [-0.2, 0) is 14.3 Å². The molecular weight excluding hydrogens is 486 g/mol. The van der Waals surface area contributed by atoms with E-state index in [1.165, 1.54) is 7.11 Å². The van der Waals surface area contributed by atoms with Gasteiger partial charge in [-0.15, -0.1) is 0 Å². The molecule has 0 bridgehead atoms. The number of halogens is 1. The summed E-state index contributed by atoms with van der Waals surface area (Å²) in [7, 11) is 4.54. The number of esters is 1. The molecule has 0 amide bonds. The van der Waals surface area contributed by atoms with Gasteiger partial charge in [-0.05, 0) is 47.7 Å². The fourth-order valence-corrected chi connectivity index (χ4v) is 5.09. The molecule has 7 heteroatoms. The van der Waals surface area contributed by atoms with Gasteiger partial charge >= 0.3 is 5.97 Å². The van der Waals surface area contributed by atoms with Gasteiger partial charge in [0.2, 0.25) is 0 Å². The zero-order valence-corrected chi connectivity index (χ0v) is 20.4. The van der Waals surface area contributed by atoms with E-state index in [9.17, 15) is 9.59 Å². The van der Waals surface area contributed by atoms with Crippen molar-refractivity contribution in [2.24, 2.45) is 5.92 Å². The van der Waals surface area contributed by atoms with Crippen molar-refractivity contribution < 1.29 is 23.8 Å². The Labute approximate surface area is 201 Å². The third kappa shape index (κ3) is 4.29. The first-order chi connectivity index (χ1) is 15.9. The van der Waals surface area contributed by atoms with Crippen molar-refractivity contribution in [1.29, 1.82) is 0 Å². The van der Waals surface area contributed by atoms with Crippen molar-refractivity contribution in [2.45, 2.75) is 24.7 Å². The van der Waals surface area contributed by atoms with Crippen molar-refractivity contribution in [3.63, 3.8) is 0 Å². The van der Waals surface area contributed by atoms with Gasteiger partial charge in [0.1, 0.15) is 5.92 Å². The van der Waals surface area contributed by atoms with Gasteiger partial charge in [0, 0.05) is 33.8 Å². The Balaban J connectivity index is 1.77. The summed E-state index contributed by atoms with van der Waals surface area (Å²) < 4.78 is 16.8. The Bertz CT molecular complexity index is 1140. The summed E-state index contributed by atoms with van der Waals surface area (Å²) in [6.07, 6.45) is 0.958. The van der Waals surface area contributed by atoms with Crippen molar-refractivity contribution in [1.82, 2.24) is 5.32 Å². The summed E-state index contributed by atoms with van der Waals surface area (Å²) in [5.74, 6) is -0.300. The van der Waals surface area contributed by atoms with Crippen LogP contribution in [0.15, 0.2) is 70.5 Å². The SMILES string of the molecule is C=C1NC2=C(C(=O)CC(c3ccc(OC)c(OC)c3)C2)C(c2ccc(Br)cc2)C1C(=O)OC. The molecule has 0 saturated heterocycles. The normalized spacial score (nSPS) is 22.4. The molecule has 33 heavy (non-hydrogen) atoms. The smallest absolute Gasteiger partial charge is 0.315 e. The highest BCUT2D eigenvalue weighted by molar-refractivity contribution is 9.10. The average Bonchev–Trinajstić information content (AvgIpc) is 2.82. The molecule has 2 aliphatic rings. The van der Waals surface area contributed by atoms with E-state index in [0.29, 0.717) is 35.6 Å². The molecule has 1 heterocycles. The first-order valence-corrected chi connectivity index (χ1v) is 11.4. The second kappa shape index (κ2) is 9.43. The number of Topliss-reactive ketones (excluding diaryl/α,β-unsaturated/α-hetero) is 1. The Morgan fingerprint density at radius 2 is 1.67 bits per heavy atom. The lowest BCUT2D eigenvalue weighted by Gasteiger charge is -2.40. The number of methoxy groups -OCH3 is 3. The predicted molar refractivity (Wildman–Crippen MR) is 128 cm³/mol. The third-order valence-electron chi connectivity index (χ3n) is 6.40. The number of hydrogen-bond acceptors (Lipinski definition) is 6. The molecule has 1 N–H and O–H groups in total. The number of hydrogen-bond donors (Lipinski definition) is 1. The van der Waals surface area contributed by atoms with E-state index in [1.54, 1.807) is 14.2 Å². The van der Waals surface area contributed by atoms with Crippen LogP contribution in [0.2, 0.25) is 0 Å². The maximum Gasteiger partial charge on any atom is 0.315 e. The van der Waals surface area contributed by atoms with E-state index in [-0.39, 0.29) is 11.7 Å². The van der Waals surface area contributed by atoms with Crippen LogP contribution in [0.25, 0.3) is 0 Å². The van der Waals surface area contributed by atoms with Gasteiger partial charge in [-0.1, -0.05) is 40.7 Å². The highest BCUT2D eigenvalue weighted by atomic mass is 79.9. The summed E-state index contributed by atoms with van der Waals surface area (Å²) in [5.41, 5.74) is 3.85. The minimum absolute atomic E-state index is 0.0119. The largest absolute Gasteiger partial charge is 0.493 e. The molecule has 0 radical (unpaired) electrons. The minimum Gasteiger partial charge on any atom is -0.493 e. The van der Waals surface area contributed by atoms with Crippen LogP contribution in [-0.4, -0.2) is 33.1 Å².